The molecule has 0 bridgehead atoms. The molecule has 0 saturated heterocycles. The third-order valence-corrected chi connectivity index (χ3v) is 3.92. The van der Waals surface area contributed by atoms with Crippen molar-refractivity contribution in [1.82, 2.24) is 10.6 Å². The van der Waals surface area contributed by atoms with E-state index in [1.54, 1.807) is 0 Å². The highest BCUT2D eigenvalue weighted by molar-refractivity contribution is 5.85. The van der Waals surface area contributed by atoms with Gasteiger partial charge in [-0.1, -0.05) is 19.3 Å². The van der Waals surface area contributed by atoms with Crippen LogP contribution < -0.4 is 10.6 Å². The second-order valence-corrected chi connectivity index (χ2v) is 5.21. The van der Waals surface area contributed by atoms with Crippen LogP contribution in [-0.2, 0) is 4.79 Å². The average molecular weight is 261 g/mol. The molecule has 0 atom stereocenters. The van der Waals surface area contributed by atoms with E-state index in [2.05, 4.69) is 10.6 Å². The molecule has 0 spiro atoms. The fraction of sp³-hybridized carbons (Fsp3) is 0.923. The van der Waals surface area contributed by atoms with Crippen molar-refractivity contribution in [3.05, 3.63) is 0 Å². The first-order chi connectivity index (χ1) is 7.86. The van der Waals surface area contributed by atoms with Crippen molar-refractivity contribution in [2.24, 2.45) is 5.92 Å². The van der Waals surface area contributed by atoms with E-state index < -0.39 is 0 Å². The Kier molecular flexibility index (Phi) is 6.90. The number of rotatable bonds is 6. The van der Waals surface area contributed by atoms with Crippen molar-refractivity contribution in [3.63, 3.8) is 0 Å². The molecule has 0 aliphatic heterocycles. The Hall–Kier alpha value is -0.280. The van der Waals surface area contributed by atoms with E-state index in [1.807, 2.05) is 0 Å². The Morgan fingerprint density at radius 1 is 1.00 bits per heavy atom. The predicted molar refractivity (Wildman–Crippen MR) is 72.5 cm³/mol. The maximum atomic E-state index is 11.5. The smallest absolute Gasteiger partial charge is 0.223 e. The minimum absolute atomic E-state index is 0. The zero-order chi connectivity index (χ0) is 11.2. The summed E-state index contributed by atoms with van der Waals surface area (Å²) in [6.07, 6.45) is 9.96. The van der Waals surface area contributed by atoms with Crippen molar-refractivity contribution in [2.75, 3.05) is 13.1 Å². The zero-order valence-electron chi connectivity index (χ0n) is 10.5. The van der Waals surface area contributed by atoms with Gasteiger partial charge in [-0.3, -0.25) is 4.79 Å². The second-order valence-electron chi connectivity index (χ2n) is 5.21. The van der Waals surface area contributed by atoms with Crippen molar-refractivity contribution < 1.29 is 4.79 Å². The molecule has 2 rings (SSSR count). The van der Waals surface area contributed by atoms with E-state index >= 15 is 0 Å². The highest BCUT2D eigenvalue weighted by Crippen LogP contribution is 2.26. The van der Waals surface area contributed by atoms with Crippen LogP contribution >= 0.6 is 12.4 Å². The number of amides is 1. The Morgan fingerprint density at radius 3 is 2.29 bits per heavy atom. The van der Waals surface area contributed by atoms with Gasteiger partial charge in [0.15, 0.2) is 0 Å². The van der Waals surface area contributed by atoms with E-state index in [0.29, 0.717) is 5.92 Å². The summed E-state index contributed by atoms with van der Waals surface area (Å²) >= 11 is 0. The lowest BCUT2D eigenvalue weighted by molar-refractivity contribution is -0.127. The Balaban J connectivity index is 0.00000144. The summed E-state index contributed by atoms with van der Waals surface area (Å²) < 4.78 is 0. The molecular formula is C13H25ClN2O. The molecule has 2 N–H and O–H groups in total. The normalized spacial score (nSPS) is 20.7. The molecule has 17 heavy (non-hydrogen) atoms. The maximum absolute atomic E-state index is 11.5. The van der Waals surface area contributed by atoms with Gasteiger partial charge in [0.2, 0.25) is 5.91 Å². The molecule has 100 valence electrons. The number of hydrogen-bond donors (Lipinski definition) is 2. The molecule has 0 aromatic rings. The van der Waals surface area contributed by atoms with Crippen LogP contribution in [0.25, 0.3) is 0 Å². The van der Waals surface area contributed by atoms with Crippen LogP contribution in [0.2, 0.25) is 0 Å². The third kappa shape index (κ3) is 4.84. The molecule has 2 fully saturated rings. The number of hydrogen-bond acceptors (Lipinski definition) is 2. The van der Waals surface area contributed by atoms with E-state index in [4.69, 9.17) is 0 Å². The molecule has 0 unspecified atom stereocenters. The summed E-state index contributed by atoms with van der Waals surface area (Å²) in [5.74, 6) is 0.620. The minimum atomic E-state index is 0. The average Bonchev–Trinajstić information content (AvgIpc) is 2.67. The van der Waals surface area contributed by atoms with Gasteiger partial charge in [-0.25, -0.2) is 0 Å². The van der Waals surface area contributed by atoms with Gasteiger partial charge in [0, 0.05) is 18.5 Å². The molecule has 3 nitrogen and oxygen atoms in total. The molecule has 0 radical (unpaired) electrons. The first-order valence-electron chi connectivity index (χ1n) is 6.87. The summed E-state index contributed by atoms with van der Waals surface area (Å²) in [5, 5.41) is 6.59. The number of halogens is 1. The molecule has 4 heteroatoms. The summed E-state index contributed by atoms with van der Waals surface area (Å²) in [5.41, 5.74) is 0. The van der Waals surface area contributed by atoms with Crippen LogP contribution in [0.15, 0.2) is 0 Å². The molecular weight excluding hydrogens is 236 g/mol. The fourth-order valence-electron chi connectivity index (χ4n) is 2.55. The van der Waals surface area contributed by atoms with E-state index in [-0.39, 0.29) is 18.3 Å². The van der Waals surface area contributed by atoms with Crippen LogP contribution in [0.4, 0.5) is 0 Å². The first-order valence-corrected chi connectivity index (χ1v) is 6.87. The molecule has 2 aliphatic rings. The standard InChI is InChI=1S/C13H24N2O.ClH/c16-13(11-5-3-6-11)15-10-4-9-14-12-7-1-2-8-12;/h11-12,14H,1-10H2,(H,15,16);1H. The molecule has 2 aliphatic carbocycles. The molecule has 0 aromatic carbocycles. The van der Waals surface area contributed by atoms with Crippen molar-refractivity contribution in [3.8, 4) is 0 Å². The summed E-state index contributed by atoms with van der Waals surface area (Å²) in [7, 11) is 0. The summed E-state index contributed by atoms with van der Waals surface area (Å²) in [6.45, 7) is 1.89. The van der Waals surface area contributed by atoms with E-state index in [0.717, 1.165) is 38.4 Å². The number of carbonyl (C=O) groups excluding carboxylic acids is 1. The Morgan fingerprint density at radius 2 is 1.71 bits per heavy atom. The minimum Gasteiger partial charge on any atom is -0.356 e. The van der Waals surface area contributed by atoms with Gasteiger partial charge in [0.05, 0.1) is 0 Å². The zero-order valence-corrected chi connectivity index (χ0v) is 11.4. The van der Waals surface area contributed by atoms with E-state index in [1.165, 1.54) is 32.1 Å². The fourth-order valence-corrected chi connectivity index (χ4v) is 2.55. The summed E-state index contributed by atoms with van der Waals surface area (Å²) in [4.78, 5) is 11.5. The second kappa shape index (κ2) is 7.93. The quantitative estimate of drug-likeness (QED) is 0.720. The molecule has 0 heterocycles. The summed E-state index contributed by atoms with van der Waals surface area (Å²) in [6, 6.07) is 0.752. The largest absolute Gasteiger partial charge is 0.356 e. The lowest BCUT2D eigenvalue weighted by Crippen LogP contribution is -2.36. The lowest BCUT2D eigenvalue weighted by atomic mass is 9.85. The number of carbonyl (C=O) groups is 1. The SMILES string of the molecule is Cl.O=C(NCCCNC1CCCC1)C1CCC1. The third-order valence-electron chi connectivity index (χ3n) is 3.92. The van der Waals surface area contributed by atoms with Gasteiger partial charge < -0.3 is 10.6 Å². The molecule has 0 aromatic heterocycles. The van der Waals surface area contributed by atoms with Crippen LogP contribution in [-0.4, -0.2) is 25.0 Å². The first kappa shape index (κ1) is 14.8. The lowest BCUT2D eigenvalue weighted by Gasteiger charge is -2.24. The van der Waals surface area contributed by atoms with Gasteiger partial charge in [0.1, 0.15) is 0 Å². The van der Waals surface area contributed by atoms with Crippen LogP contribution in [0, 0.1) is 5.92 Å². The highest BCUT2D eigenvalue weighted by atomic mass is 35.5. The monoisotopic (exact) mass is 260 g/mol. The predicted octanol–water partition coefficient (Wildman–Crippen LogP) is 2.25. The van der Waals surface area contributed by atoms with Crippen molar-refractivity contribution >= 4 is 18.3 Å². The van der Waals surface area contributed by atoms with Gasteiger partial charge in [-0.2, -0.15) is 0 Å². The Labute approximate surface area is 111 Å². The van der Waals surface area contributed by atoms with Crippen LogP contribution in [0.3, 0.4) is 0 Å². The topological polar surface area (TPSA) is 41.1 Å². The van der Waals surface area contributed by atoms with Crippen molar-refractivity contribution in [2.45, 2.75) is 57.4 Å². The maximum Gasteiger partial charge on any atom is 0.223 e. The van der Waals surface area contributed by atoms with Gasteiger partial charge >= 0.3 is 0 Å². The van der Waals surface area contributed by atoms with Gasteiger partial charge in [-0.15, -0.1) is 12.4 Å². The van der Waals surface area contributed by atoms with Crippen LogP contribution in [0.5, 0.6) is 0 Å². The van der Waals surface area contributed by atoms with Crippen LogP contribution in [0.1, 0.15) is 51.4 Å². The molecule has 2 saturated carbocycles. The van der Waals surface area contributed by atoms with E-state index in [9.17, 15) is 4.79 Å². The van der Waals surface area contributed by atoms with Gasteiger partial charge in [0.25, 0.3) is 0 Å². The highest BCUT2D eigenvalue weighted by Gasteiger charge is 2.24. The Bertz CT molecular complexity index is 225. The van der Waals surface area contributed by atoms with Gasteiger partial charge in [-0.05, 0) is 38.6 Å². The molecule has 1 amide bonds. The van der Waals surface area contributed by atoms with Crippen molar-refractivity contribution in [1.29, 1.82) is 0 Å². The number of nitrogens with one attached hydrogen (secondary N) is 2.